The zero-order valence-corrected chi connectivity index (χ0v) is 16.6. The molecule has 2 rings (SSSR count). The van der Waals surface area contributed by atoms with Gasteiger partial charge in [0.15, 0.2) is 0 Å². The van der Waals surface area contributed by atoms with E-state index in [1.54, 1.807) is 4.90 Å². The standard InChI is InChI=1S/C18H29ClN4O2/c1-6-7-13-10-15(22-16(19)21-13)12(2)23(14-8-9-20-11-14)17(24)25-18(3,4)5/h10,12,14,20H,6-9,11H2,1-5H3/t12-,14?/m0/s1. The summed E-state index contributed by atoms with van der Waals surface area (Å²) in [6.07, 6.45) is 2.38. The molecule has 1 fully saturated rings. The Morgan fingerprint density at radius 1 is 1.48 bits per heavy atom. The first-order chi connectivity index (χ1) is 11.7. The highest BCUT2D eigenvalue weighted by atomic mass is 35.5. The van der Waals surface area contributed by atoms with Crippen molar-refractivity contribution in [2.24, 2.45) is 0 Å². The van der Waals surface area contributed by atoms with E-state index in [1.165, 1.54) is 0 Å². The number of amides is 1. The normalized spacial score (nSPS) is 18.9. The highest BCUT2D eigenvalue weighted by Gasteiger charge is 2.35. The van der Waals surface area contributed by atoms with Crippen molar-refractivity contribution in [1.29, 1.82) is 0 Å². The molecule has 1 aliphatic heterocycles. The lowest BCUT2D eigenvalue weighted by molar-refractivity contribution is 0.00785. The van der Waals surface area contributed by atoms with Crippen LogP contribution >= 0.6 is 11.6 Å². The van der Waals surface area contributed by atoms with Gasteiger partial charge in [0.05, 0.1) is 11.7 Å². The van der Waals surface area contributed by atoms with Crippen LogP contribution in [0.1, 0.15) is 64.9 Å². The van der Waals surface area contributed by atoms with Gasteiger partial charge in [0.1, 0.15) is 5.60 Å². The van der Waals surface area contributed by atoms with Crippen molar-refractivity contribution < 1.29 is 9.53 Å². The summed E-state index contributed by atoms with van der Waals surface area (Å²) >= 11 is 6.11. The maximum atomic E-state index is 12.9. The number of carbonyl (C=O) groups is 1. The van der Waals surface area contributed by atoms with Gasteiger partial charge in [0.25, 0.3) is 0 Å². The summed E-state index contributed by atoms with van der Waals surface area (Å²) in [5.74, 6) is 0. The summed E-state index contributed by atoms with van der Waals surface area (Å²) in [5.41, 5.74) is 1.11. The third kappa shape index (κ3) is 5.54. The molecule has 0 radical (unpaired) electrons. The topological polar surface area (TPSA) is 67.3 Å². The first-order valence-electron chi connectivity index (χ1n) is 8.96. The Bertz CT molecular complexity index is 597. The van der Waals surface area contributed by atoms with E-state index in [2.05, 4.69) is 22.2 Å². The molecule has 0 saturated carbocycles. The number of carbonyl (C=O) groups excluding carboxylic acids is 1. The fraction of sp³-hybridized carbons (Fsp3) is 0.722. The van der Waals surface area contributed by atoms with Crippen LogP contribution in [0, 0.1) is 0 Å². The first kappa shape index (κ1) is 19.9. The largest absolute Gasteiger partial charge is 0.444 e. The zero-order valence-electron chi connectivity index (χ0n) is 15.8. The van der Waals surface area contributed by atoms with E-state index in [0.29, 0.717) is 0 Å². The highest BCUT2D eigenvalue weighted by Crippen LogP contribution is 2.27. The van der Waals surface area contributed by atoms with E-state index in [9.17, 15) is 4.79 Å². The molecule has 0 bridgehead atoms. The monoisotopic (exact) mass is 368 g/mol. The minimum atomic E-state index is -0.544. The van der Waals surface area contributed by atoms with Gasteiger partial charge in [-0.2, -0.15) is 0 Å². The number of ether oxygens (including phenoxy) is 1. The Balaban J connectivity index is 2.31. The lowest BCUT2D eigenvalue weighted by atomic mass is 10.1. The fourth-order valence-electron chi connectivity index (χ4n) is 3.04. The van der Waals surface area contributed by atoms with Crippen molar-refractivity contribution in [1.82, 2.24) is 20.2 Å². The second-order valence-electron chi connectivity index (χ2n) is 7.51. The summed E-state index contributed by atoms with van der Waals surface area (Å²) in [5, 5.41) is 3.54. The van der Waals surface area contributed by atoms with Crippen LogP contribution in [-0.2, 0) is 11.2 Å². The van der Waals surface area contributed by atoms with E-state index in [4.69, 9.17) is 16.3 Å². The molecule has 2 heterocycles. The number of hydrogen-bond donors (Lipinski definition) is 1. The number of rotatable bonds is 5. The number of nitrogens with zero attached hydrogens (tertiary/aromatic N) is 3. The van der Waals surface area contributed by atoms with Gasteiger partial charge in [0, 0.05) is 18.3 Å². The van der Waals surface area contributed by atoms with Gasteiger partial charge in [-0.15, -0.1) is 0 Å². The molecule has 0 aliphatic carbocycles. The van der Waals surface area contributed by atoms with Gasteiger partial charge >= 0.3 is 6.09 Å². The third-order valence-corrected chi connectivity index (χ3v) is 4.32. The van der Waals surface area contributed by atoms with Crippen molar-refractivity contribution >= 4 is 17.7 Å². The van der Waals surface area contributed by atoms with E-state index in [0.717, 1.165) is 43.7 Å². The van der Waals surface area contributed by atoms with Crippen LogP contribution in [0.2, 0.25) is 5.28 Å². The predicted octanol–water partition coefficient (Wildman–Crippen LogP) is 3.74. The van der Waals surface area contributed by atoms with Crippen LogP contribution in [-0.4, -0.2) is 45.7 Å². The molecule has 140 valence electrons. The Labute approximate surface area is 155 Å². The van der Waals surface area contributed by atoms with E-state index in [-0.39, 0.29) is 23.5 Å². The zero-order chi connectivity index (χ0) is 18.6. The molecule has 1 unspecified atom stereocenters. The Kier molecular flexibility index (Phi) is 6.63. The molecule has 1 aromatic rings. The molecule has 7 heteroatoms. The van der Waals surface area contributed by atoms with E-state index >= 15 is 0 Å². The molecule has 25 heavy (non-hydrogen) atoms. The summed E-state index contributed by atoms with van der Waals surface area (Å²) < 4.78 is 5.65. The van der Waals surface area contributed by atoms with Crippen LogP contribution in [0.15, 0.2) is 6.07 Å². The van der Waals surface area contributed by atoms with Crippen molar-refractivity contribution in [2.75, 3.05) is 13.1 Å². The molecule has 1 saturated heterocycles. The molecule has 1 aliphatic rings. The first-order valence-corrected chi connectivity index (χ1v) is 9.34. The maximum Gasteiger partial charge on any atom is 0.411 e. The van der Waals surface area contributed by atoms with Gasteiger partial charge in [-0.25, -0.2) is 14.8 Å². The van der Waals surface area contributed by atoms with E-state index < -0.39 is 5.60 Å². The number of hydrogen-bond acceptors (Lipinski definition) is 5. The third-order valence-electron chi connectivity index (χ3n) is 4.16. The summed E-state index contributed by atoms with van der Waals surface area (Å²) in [7, 11) is 0. The molecule has 0 aromatic carbocycles. The lowest BCUT2D eigenvalue weighted by Gasteiger charge is -2.35. The molecular weight excluding hydrogens is 340 g/mol. The Morgan fingerprint density at radius 2 is 2.20 bits per heavy atom. The van der Waals surface area contributed by atoms with Crippen LogP contribution in [0.4, 0.5) is 4.79 Å². The number of aryl methyl sites for hydroxylation is 1. The van der Waals surface area contributed by atoms with Crippen molar-refractivity contribution in [3.8, 4) is 0 Å². The fourth-order valence-corrected chi connectivity index (χ4v) is 3.25. The molecule has 1 N–H and O–H groups in total. The Morgan fingerprint density at radius 3 is 2.76 bits per heavy atom. The summed E-state index contributed by atoms with van der Waals surface area (Å²) in [6, 6.07) is 1.78. The van der Waals surface area contributed by atoms with Crippen LogP contribution in [0.5, 0.6) is 0 Å². The van der Waals surface area contributed by atoms with Crippen LogP contribution in [0.3, 0.4) is 0 Å². The second kappa shape index (κ2) is 8.32. The molecular formula is C18H29ClN4O2. The van der Waals surface area contributed by atoms with Crippen LogP contribution < -0.4 is 5.32 Å². The SMILES string of the molecule is CCCc1cc([C@H](C)N(C(=O)OC(C)(C)C)C2CCNC2)nc(Cl)n1. The number of nitrogens with one attached hydrogen (secondary N) is 1. The molecule has 0 spiro atoms. The minimum Gasteiger partial charge on any atom is -0.444 e. The Hall–Kier alpha value is -1.40. The molecule has 1 aromatic heterocycles. The molecule has 2 atom stereocenters. The molecule has 6 nitrogen and oxygen atoms in total. The average molecular weight is 369 g/mol. The van der Waals surface area contributed by atoms with Gasteiger partial charge < -0.3 is 10.1 Å². The van der Waals surface area contributed by atoms with Gasteiger partial charge in [-0.05, 0) is 64.7 Å². The predicted molar refractivity (Wildman–Crippen MR) is 98.8 cm³/mol. The number of halogens is 1. The minimum absolute atomic E-state index is 0.0771. The molecule has 1 amide bonds. The van der Waals surface area contributed by atoms with E-state index in [1.807, 2.05) is 33.8 Å². The maximum absolute atomic E-state index is 12.9. The average Bonchev–Trinajstić information content (AvgIpc) is 2.99. The van der Waals surface area contributed by atoms with Crippen molar-refractivity contribution in [3.63, 3.8) is 0 Å². The van der Waals surface area contributed by atoms with Gasteiger partial charge in [-0.1, -0.05) is 13.3 Å². The lowest BCUT2D eigenvalue weighted by Crippen LogP contribution is -2.46. The van der Waals surface area contributed by atoms with Gasteiger partial charge in [0.2, 0.25) is 5.28 Å². The van der Waals surface area contributed by atoms with Crippen molar-refractivity contribution in [3.05, 3.63) is 22.7 Å². The van der Waals surface area contributed by atoms with Crippen LogP contribution in [0.25, 0.3) is 0 Å². The van der Waals surface area contributed by atoms with Gasteiger partial charge in [-0.3, -0.25) is 4.90 Å². The smallest absolute Gasteiger partial charge is 0.411 e. The summed E-state index contributed by atoms with van der Waals surface area (Å²) in [4.78, 5) is 23.3. The summed E-state index contributed by atoms with van der Waals surface area (Å²) in [6.45, 7) is 11.3. The number of aromatic nitrogens is 2. The van der Waals surface area contributed by atoms with Crippen molar-refractivity contribution in [2.45, 2.75) is 71.6 Å². The quantitative estimate of drug-likeness (QED) is 0.802. The highest BCUT2D eigenvalue weighted by molar-refractivity contribution is 6.28. The second-order valence-corrected chi connectivity index (χ2v) is 7.85.